The summed E-state index contributed by atoms with van der Waals surface area (Å²) in [5, 5.41) is 3.25. The van der Waals surface area contributed by atoms with Gasteiger partial charge in [-0.05, 0) is 50.1 Å². The van der Waals surface area contributed by atoms with Gasteiger partial charge in [-0.3, -0.25) is 0 Å². The topological polar surface area (TPSA) is 35.6 Å². The van der Waals surface area contributed by atoms with Crippen LogP contribution in [-0.4, -0.2) is 54.6 Å². The molecule has 2 fully saturated rings. The third-order valence-electron chi connectivity index (χ3n) is 5.41. The Morgan fingerprint density at radius 1 is 1.12 bits per heavy atom. The molecule has 1 unspecified atom stereocenters. The van der Waals surface area contributed by atoms with Crippen molar-refractivity contribution in [1.82, 2.24) is 15.1 Å². The van der Waals surface area contributed by atoms with E-state index in [0.717, 1.165) is 58.4 Å². The van der Waals surface area contributed by atoms with Crippen molar-refractivity contribution in [1.29, 1.82) is 0 Å². The molecule has 132 valence electrons. The van der Waals surface area contributed by atoms with E-state index in [2.05, 4.69) is 47.5 Å². The van der Waals surface area contributed by atoms with Crippen LogP contribution in [-0.2, 0) is 6.42 Å². The van der Waals surface area contributed by atoms with Gasteiger partial charge in [0.05, 0.1) is 0 Å². The summed E-state index contributed by atoms with van der Waals surface area (Å²) in [6, 6.07) is 11.2. The molecule has 1 aromatic rings. The Labute approximate surface area is 146 Å². The van der Waals surface area contributed by atoms with Gasteiger partial charge >= 0.3 is 6.03 Å². The molecule has 0 spiro atoms. The van der Waals surface area contributed by atoms with E-state index in [9.17, 15) is 4.79 Å². The molecule has 2 heterocycles. The fraction of sp³-hybridized carbons (Fsp3) is 0.650. The molecule has 0 radical (unpaired) electrons. The lowest BCUT2D eigenvalue weighted by molar-refractivity contribution is 0.167. The Balaban J connectivity index is 1.39. The van der Waals surface area contributed by atoms with Crippen LogP contribution in [0.4, 0.5) is 4.79 Å². The molecule has 2 aliphatic heterocycles. The minimum Gasteiger partial charge on any atom is -0.334 e. The number of carbonyl (C=O) groups is 1. The van der Waals surface area contributed by atoms with Crippen LogP contribution >= 0.6 is 0 Å². The Kier molecular flexibility index (Phi) is 6.13. The lowest BCUT2D eigenvalue weighted by atomic mass is 9.90. The van der Waals surface area contributed by atoms with E-state index in [1.165, 1.54) is 12.0 Å². The van der Waals surface area contributed by atoms with Crippen LogP contribution in [0.2, 0.25) is 0 Å². The number of benzene rings is 1. The molecule has 1 atom stereocenters. The van der Waals surface area contributed by atoms with Crippen LogP contribution in [0.5, 0.6) is 0 Å². The maximum Gasteiger partial charge on any atom is 0.317 e. The number of rotatable bonds is 5. The normalized spacial score (nSPS) is 22.7. The number of piperidine rings is 1. The van der Waals surface area contributed by atoms with Gasteiger partial charge in [-0.2, -0.15) is 0 Å². The Bertz CT molecular complexity index is 511. The first-order valence-corrected chi connectivity index (χ1v) is 9.56. The van der Waals surface area contributed by atoms with Crippen LogP contribution in [0, 0.1) is 5.92 Å². The highest BCUT2D eigenvalue weighted by molar-refractivity contribution is 5.74. The summed E-state index contributed by atoms with van der Waals surface area (Å²) in [6.45, 7) is 7.30. The maximum absolute atomic E-state index is 12.5. The Morgan fingerprint density at radius 2 is 1.88 bits per heavy atom. The lowest BCUT2D eigenvalue weighted by Gasteiger charge is -2.33. The van der Waals surface area contributed by atoms with Crippen molar-refractivity contribution in [2.24, 2.45) is 5.92 Å². The van der Waals surface area contributed by atoms with Crippen molar-refractivity contribution in [3.63, 3.8) is 0 Å². The maximum atomic E-state index is 12.5. The zero-order valence-electron chi connectivity index (χ0n) is 14.9. The number of nitrogens with zero attached hydrogens (tertiary/aromatic N) is 2. The lowest BCUT2D eigenvalue weighted by Crippen LogP contribution is -2.48. The SMILES string of the molecule is CCCN1CCC(NC(=O)N2CCC(Cc3ccccc3)CC2)C1. The molecule has 1 aromatic carbocycles. The number of likely N-dealkylation sites (tertiary alicyclic amines) is 2. The average molecular weight is 329 g/mol. The van der Waals surface area contributed by atoms with E-state index in [-0.39, 0.29) is 6.03 Å². The van der Waals surface area contributed by atoms with E-state index in [4.69, 9.17) is 0 Å². The smallest absolute Gasteiger partial charge is 0.317 e. The molecule has 2 amide bonds. The van der Waals surface area contributed by atoms with Gasteiger partial charge in [-0.1, -0.05) is 37.3 Å². The Morgan fingerprint density at radius 3 is 2.58 bits per heavy atom. The number of amides is 2. The van der Waals surface area contributed by atoms with E-state index in [0.29, 0.717) is 12.0 Å². The summed E-state index contributed by atoms with van der Waals surface area (Å²) in [4.78, 5) is 17.0. The molecule has 0 aliphatic carbocycles. The van der Waals surface area contributed by atoms with Gasteiger partial charge in [0.15, 0.2) is 0 Å². The van der Waals surface area contributed by atoms with Gasteiger partial charge in [0.2, 0.25) is 0 Å². The van der Waals surface area contributed by atoms with Crippen molar-refractivity contribution >= 4 is 6.03 Å². The van der Waals surface area contributed by atoms with Crippen LogP contribution < -0.4 is 5.32 Å². The predicted octanol–water partition coefficient (Wildman–Crippen LogP) is 3.14. The van der Waals surface area contributed by atoms with Gasteiger partial charge in [-0.15, -0.1) is 0 Å². The summed E-state index contributed by atoms with van der Waals surface area (Å²) in [6.07, 6.45) is 5.67. The van der Waals surface area contributed by atoms with Crippen LogP contribution in [0.3, 0.4) is 0 Å². The molecule has 4 nitrogen and oxygen atoms in total. The molecule has 2 saturated heterocycles. The van der Waals surface area contributed by atoms with Crippen LogP contribution in [0.15, 0.2) is 30.3 Å². The van der Waals surface area contributed by atoms with Crippen LogP contribution in [0.1, 0.15) is 38.2 Å². The molecule has 0 saturated carbocycles. The minimum absolute atomic E-state index is 0.150. The zero-order chi connectivity index (χ0) is 16.8. The number of carbonyl (C=O) groups excluding carboxylic acids is 1. The van der Waals surface area contributed by atoms with Crippen molar-refractivity contribution in [3.8, 4) is 0 Å². The summed E-state index contributed by atoms with van der Waals surface area (Å²) >= 11 is 0. The van der Waals surface area contributed by atoms with E-state index >= 15 is 0 Å². The number of urea groups is 1. The molecule has 1 N–H and O–H groups in total. The monoisotopic (exact) mass is 329 g/mol. The molecular formula is C20H31N3O. The molecule has 0 aromatic heterocycles. The third kappa shape index (κ3) is 4.73. The average Bonchev–Trinajstić information content (AvgIpc) is 3.04. The summed E-state index contributed by atoms with van der Waals surface area (Å²) < 4.78 is 0. The third-order valence-corrected chi connectivity index (χ3v) is 5.41. The quantitative estimate of drug-likeness (QED) is 0.901. The van der Waals surface area contributed by atoms with E-state index in [1.807, 2.05) is 4.90 Å². The molecule has 3 rings (SSSR count). The largest absolute Gasteiger partial charge is 0.334 e. The van der Waals surface area contributed by atoms with E-state index < -0.39 is 0 Å². The number of hydrogen-bond acceptors (Lipinski definition) is 2. The van der Waals surface area contributed by atoms with Crippen molar-refractivity contribution in [2.75, 3.05) is 32.7 Å². The van der Waals surface area contributed by atoms with E-state index in [1.54, 1.807) is 0 Å². The van der Waals surface area contributed by atoms with Gasteiger partial charge < -0.3 is 15.1 Å². The molecule has 4 heteroatoms. The van der Waals surface area contributed by atoms with Gasteiger partial charge in [-0.25, -0.2) is 4.79 Å². The zero-order valence-corrected chi connectivity index (χ0v) is 14.9. The standard InChI is InChI=1S/C20H31N3O/c1-2-11-22-12-10-19(16-22)21-20(24)23-13-8-18(9-14-23)15-17-6-4-3-5-7-17/h3-7,18-19H,2,8-16H2,1H3,(H,21,24). The number of hydrogen-bond donors (Lipinski definition) is 1. The molecule has 2 aliphatic rings. The summed E-state index contributed by atoms with van der Waals surface area (Å²) in [5.41, 5.74) is 1.42. The van der Waals surface area contributed by atoms with Crippen molar-refractivity contribution in [2.45, 2.75) is 45.1 Å². The van der Waals surface area contributed by atoms with Gasteiger partial charge in [0.1, 0.15) is 0 Å². The highest BCUT2D eigenvalue weighted by Crippen LogP contribution is 2.22. The second-order valence-corrected chi connectivity index (χ2v) is 7.36. The summed E-state index contributed by atoms with van der Waals surface area (Å²) in [7, 11) is 0. The summed E-state index contributed by atoms with van der Waals surface area (Å²) in [5.74, 6) is 0.711. The number of nitrogens with one attached hydrogen (secondary N) is 1. The second kappa shape index (κ2) is 8.52. The highest BCUT2D eigenvalue weighted by atomic mass is 16.2. The first-order valence-electron chi connectivity index (χ1n) is 9.56. The van der Waals surface area contributed by atoms with Crippen molar-refractivity contribution in [3.05, 3.63) is 35.9 Å². The Hall–Kier alpha value is -1.55. The predicted molar refractivity (Wildman–Crippen MR) is 98.1 cm³/mol. The molecule has 24 heavy (non-hydrogen) atoms. The second-order valence-electron chi connectivity index (χ2n) is 7.36. The first-order chi connectivity index (χ1) is 11.7. The van der Waals surface area contributed by atoms with Crippen molar-refractivity contribution < 1.29 is 4.79 Å². The van der Waals surface area contributed by atoms with Gasteiger partial charge in [0, 0.05) is 32.2 Å². The fourth-order valence-corrected chi connectivity index (χ4v) is 4.02. The first kappa shape index (κ1) is 17.3. The van der Waals surface area contributed by atoms with Crippen LogP contribution in [0.25, 0.3) is 0 Å². The molecule has 0 bridgehead atoms. The fourth-order valence-electron chi connectivity index (χ4n) is 4.02. The highest BCUT2D eigenvalue weighted by Gasteiger charge is 2.27. The minimum atomic E-state index is 0.150. The van der Waals surface area contributed by atoms with Gasteiger partial charge in [0.25, 0.3) is 0 Å². The molecular weight excluding hydrogens is 298 g/mol.